The molecule has 3 fully saturated rings. The number of amides is 2. The van der Waals surface area contributed by atoms with Crippen LogP contribution in [-0.2, 0) is 9.59 Å². The van der Waals surface area contributed by atoms with Crippen LogP contribution in [0.2, 0.25) is 0 Å². The van der Waals surface area contributed by atoms with Crippen molar-refractivity contribution in [1.82, 2.24) is 9.80 Å². The third-order valence-corrected chi connectivity index (χ3v) is 5.88. The summed E-state index contributed by atoms with van der Waals surface area (Å²) >= 11 is 0. The molecule has 2 saturated heterocycles. The Morgan fingerprint density at radius 2 is 1.78 bits per heavy atom. The van der Waals surface area contributed by atoms with Crippen LogP contribution >= 0.6 is 0 Å². The summed E-state index contributed by atoms with van der Waals surface area (Å²) in [7, 11) is 0. The fraction of sp³-hybridized carbons (Fsp3) is 0.889. The van der Waals surface area contributed by atoms with Gasteiger partial charge in [-0.1, -0.05) is 12.8 Å². The van der Waals surface area contributed by atoms with Crippen molar-refractivity contribution in [2.45, 2.75) is 69.8 Å². The van der Waals surface area contributed by atoms with Gasteiger partial charge in [0.15, 0.2) is 0 Å². The summed E-state index contributed by atoms with van der Waals surface area (Å²) in [6, 6.07) is 0. The van der Waals surface area contributed by atoms with E-state index in [0.717, 1.165) is 77.5 Å². The van der Waals surface area contributed by atoms with E-state index in [0.29, 0.717) is 24.7 Å². The van der Waals surface area contributed by atoms with Crippen LogP contribution in [0.1, 0.15) is 64.2 Å². The lowest BCUT2D eigenvalue weighted by Gasteiger charge is -2.37. The third-order valence-electron chi connectivity index (χ3n) is 5.88. The molecule has 1 saturated carbocycles. The molecule has 1 aliphatic carbocycles. The van der Waals surface area contributed by atoms with Crippen molar-refractivity contribution in [3.05, 3.63) is 0 Å². The van der Waals surface area contributed by atoms with E-state index in [2.05, 4.69) is 0 Å². The van der Waals surface area contributed by atoms with E-state index in [9.17, 15) is 14.7 Å². The molecule has 0 aromatic rings. The SMILES string of the molecule is O=C(CC1(O)CCCC1)N1CCC(CN2CCCCC2=O)CC1. The first-order valence-corrected chi connectivity index (χ1v) is 9.34. The molecule has 0 aromatic carbocycles. The Morgan fingerprint density at radius 1 is 1.09 bits per heavy atom. The van der Waals surface area contributed by atoms with Gasteiger partial charge in [0.1, 0.15) is 0 Å². The Labute approximate surface area is 139 Å². The highest BCUT2D eigenvalue weighted by atomic mass is 16.3. The molecule has 3 rings (SSSR count). The van der Waals surface area contributed by atoms with Gasteiger partial charge in [0.25, 0.3) is 0 Å². The van der Waals surface area contributed by atoms with Crippen molar-refractivity contribution >= 4 is 11.8 Å². The number of carbonyl (C=O) groups is 2. The van der Waals surface area contributed by atoms with Gasteiger partial charge in [-0.25, -0.2) is 0 Å². The first-order chi connectivity index (χ1) is 11.1. The van der Waals surface area contributed by atoms with E-state index in [4.69, 9.17) is 0 Å². The molecule has 2 amide bonds. The zero-order valence-corrected chi connectivity index (χ0v) is 14.1. The molecule has 1 N–H and O–H groups in total. The molecule has 23 heavy (non-hydrogen) atoms. The van der Waals surface area contributed by atoms with Gasteiger partial charge in [-0.05, 0) is 44.4 Å². The van der Waals surface area contributed by atoms with Crippen molar-refractivity contribution in [2.24, 2.45) is 5.92 Å². The van der Waals surface area contributed by atoms with Crippen LogP contribution in [-0.4, -0.2) is 58.5 Å². The Kier molecular flexibility index (Phi) is 5.24. The zero-order valence-electron chi connectivity index (χ0n) is 14.1. The molecule has 0 radical (unpaired) electrons. The maximum atomic E-state index is 12.4. The van der Waals surface area contributed by atoms with E-state index in [1.54, 1.807) is 0 Å². The lowest BCUT2D eigenvalue weighted by Crippen LogP contribution is -2.45. The van der Waals surface area contributed by atoms with Crippen LogP contribution in [0.25, 0.3) is 0 Å². The highest BCUT2D eigenvalue weighted by molar-refractivity contribution is 5.77. The van der Waals surface area contributed by atoms with Gasteiger partial charge in [-0.2, -0.15) is 0 Å². The first-order valence-electron chi connectivity index (χ1n) is 9.34. The van der Waals surface area contributed by atoms with E-state index in [1.165, 1.54) is 0 Å². The summed E-state index contributed by atoms with van der Waals surface area (Å²) in [5.74, 6) is 0.941. The van der Waals surface area contributed by atoms with Crippen LogP contribution in [0, 0.1) is 5.92 Å². The molecule has 0 spiro atoms. The second kappa shape index (κ2) is 7.20. The highest BCUT2D eigenvalue weighted by Crippen LogP contribution is 2.33. The average Bonchev–Trinajstić information content (AvgIpc) is 2.96. The smallest absolute Gasteiger partial charge is 0.225 e. The molecule has 0 unspecified atom stereocenters. The lowest BCUT2D eigenvalue weighted by molar-refractivity contribution is -0.139. The number of piperidine rings is 2. The fourth-order valence-electron chi connectivity index (χ4n) is 4.33. The van der Waals surface area contributed by atoms with E-state index >= 15 is 0 Å². The van der Waals surface area contributed by atoms with Gasteiger partial charge < -0.3 is 14.9 Å². The molecule has 2 aliphatic heterocycles. The molecule has 5 nitrogen and oxygen atoms in total. The number of carbonyl (C=O) groups excluding carboxylic acids is 2. The van der Waals surface area contributed by atoms with Crippen molar-refractivity contribution in [3.8, 4) is 0 Å². The Hall–Kier alpha value is -1.10. The average molecular weight is 322 g/mol. The van der Waals surface area contributed by atoms with Crippen molar-refractivity contribution < 1.29 is 14.7 Å². The largest absolute Gasteiger partial charge is 0.389 e. The van der Waals surface area contributed by atoms with Gasteiger partial charge in [0.05, 0.1) is 12.0 Å². The molecule has 5 heteroatoms. The fourth-order valence-corrected chi connectivity index (χ4v) is 4.33. The summed E-state index contributed by atoms with van der Waals surface area (Å²) < 4.78 is 0. The molecule has 0 aromatic heterocycles. The summed E-state index contributed by atoms with van der Waals surface area (Å²) in [6.45, 7) is 3.33. The second-order valence-corrected chi connectivity index (χ2v) is 7.73. The summed E-state index contributed by atoms with van der Waals surface area (Å²) in [6.07, 6.45) is 8.73. The van der Waals surface area contributed by atoms with Crippen LogP contribution in [0.5, 0.6) is 0 Å². The Bertz CT molecular complexity index is 438. The molecule has 0 atom stereocenters. The number of rotatable bonds is 4. The van der Waals surface area contributed by atoms with Gasteiger partial charge in [0.2, 0.25) is 11.8 Å². The van der Waals surface area contributed by atoms with E-state index in [-0.39, 0.29) is 5.91 Å². The molecule has 130 valence electrons. The minimum absolute atomic E-state index is 0.113. The second-order valence-electron chi connectivity index (χ2n) is 7.73. The Morgan fingerprint density at radius 3 is 2.43 bits per heavy atom. The maximum Gasteiger partial charge on any atom is 0.225 e. The number of likely N-dealkylation sites (tertiary alicyclic amines) is 2. The number of aliphatic hydroxyl groups is 1. The number of hydrogen-bond acceptors (Lipinski definition) is 3. The molecular formula is C18H30N2O3. The zero-order chi connectivity index (χ0) is 16.3. The quantitative estimate of drug-likeness (QED) is 0.860. The summed E-state index contributed by atoms with van der Waals surface area (Å²) in [5, 5.41) is 10.4. The van der Waals surface area contributed by atoms with E-state index < -0.39 is 5.60 Å². The van der Waals surface area contributed by atoms with Crippen molar-refractivity contribution in [1.29, 1.82) is 0 Å². The molecule has 3 aliphatic rings. The van der Waals surface area contributed by atoms with Crippen molar-refractivity contribution in [2.75, 3.05) is 26.2 Å². The van der Waals surface area contributed by atoms with Crippen LogP contribution in [0.3, 0.4) is 0 Å². The van der Waals surface area contributed by atoms with Gasteiger partial charge in [-0.3, -0.25) is 9.59 Å². The highest BCUT2D eigenvalue weighted by Gasteiger charge is 2.36. The summed E-state index contributed by atoms with van der Waals surface area (Å²) in [5.41, 5.74) is -0.742. The Balaban J connectivity index is 1.42. The summed E-state index contributed by atoms with van der Waals surface area (Å²) in [4.78, 5) is 28.3. The maximum absolute atomic E-state index is 12.4. The minimum Gasteiger partial charge on any atom is -0.389 e. The number of hydrogen-bond donors (Lipinski definition) is 1. The third kappa shape index (κ3) is 4.25. The van der Waals surface area contributed by atoms with Crippen LogP contribution in [0.15, 0.2) is 0 Å². The predicted molar refractivity (Wildman–Crippen MR) is 87.8 cm³/mol. The van der Waals surface area contributed by atoms with Gasteiger partial charge >= 0.3 is 0 Å². The van der Waals surface area contributed by atoms with Crippen LogP contribution < -0.4 is 0 Å². The van der Waals surface area contributed by atoms with Gasteiger partial charge in [0, 0.05) is 32.6 Å². The molecule has 2 heterocycles. The predicted octanol–water partition coefficient (Wildman–Crippen LogP) is 1.93. The molecular weight excluding hydrogens is 292 g/mol. The standard InChI is InChI=1S/C18H30N2O3/c21-16-5-1-4-10-20(16)14-15-6-11-19(12-7-15)17(22)13-18(23)8-2-3-9-18/h15,23H,1-14H2. The monoisotopic (exact) mass is 322 g/mol. The van der Waals surface area contributed by atoms with E-state index in [1.807, 2.05) is 9.80 Å². The number of nitrogens with zero attached hydrogens (tertiary/aromatic N) is 2. The first kappa shape index (κ1) is 16.7. The lowest BCUT2D eigenvalue weighted by atomic mass is 9.93. The normalized spacial score (nSPS) is 25.9. The van der Waals surface area contributed by atoms with Crippen molar-refractivity contribution in [3.63, 3.8) is 0 Å². The minimum atomic E-state index is -0.742. The topological polar surface area (TPSA) is 60.9 Å². The van der Waals surface area contributed by atoms with Gasteiger partial charge in [-0.15, -0.1) is 0 Å². The van der Waals surface area contributed by atoms with Crippen LogP contribution in [0.4, 0.5) is 0 Å². The molecule has 0 bridgehead atoms.